The Bertz CT molecular complexity index is 1130. The third-order valence-corrected chi connectivity index (χ3v) is 5.88. The smallest absolute Gasteiger partial charge is 0.233 e. The van der Waals surface area contributed by atoms with Crippen LogP contribution in [0.15, 0.2) is 67.0 Å². The highest BCUT2D eigenvalue weighted by Gasteiger charge is 2.21. The number of rotatable bonds is 5. The highest BCUT2D eigenvalue weighted by molar-refractivity contribution is 7.22. The zero-order valence-electron chi connectivity index (χ0n) is 14.7. The lowest BCUT2D eigenvalue weighted by molar-refractivity contribution is -0.118. The van der Waals surface area contributed by atoms with Crippen LogP contribution in [0.3, 0.4) is 0 Å². The Morgan fingerprint density at radius 1 is 1.07 bits per heavy atom. The summed E-state index contributed by atoms with van der Waals surface area (Å²) in [6.45, 7) is 0.380. The Hall–Kier alpha value is -2.47. The van der Waals surface area contributed by atoms with Crippen LogP contribution in [-0.4, -0.2) is 15.9 Å². The molecule has 0 fully saturated rings. The van der Waals surface area contributed by atoms with Gasteiger partial charge in [-0.3, -0.25) is 14.7 Å². The van der Waals surface area contributed by atoms with Gasteiger partial charge in [0.2, 0.25) is 5.91 Å². The zero-order valence-corrected chi connectivity index (χ0v) is 17.0. The molecule has 0 unspecified atom stereocenters. The number of carbonyl (C=O) groups is 1. The van der Waals surface area contributed by atoms with Gasteiger partial charge < -0.3 is 0 Å². The summed E-state index contributed by atoms with van der Waals surface area (Å²) in [6, 6.07) is 16.7. The van der Waals surface area contributed by atoms with Crippen LogP contribution >= 0.6 is 34.5 Å². The number of carbonyl (C=O) groups excluding carboxylic acids is 1. The SMILES string of the molecule is O=C(Cc1ccccc1Cl)N(Cc1cccnc1)c1nc2ccc(Cl)cc2s1. The third kappa shape index (κ3) is 4.17. The van der Waals surface area contributed by atoms with E-state index in [9.17, 15) is 4.79 Å². The average Bonchev–Trinajstić information content (AvgIpc) is 3.11. The Morgan fingerprint density at radius 3 is 2.71 bits per heavy atom. The van der Waals surface area contributed by atoms with Crippen molar-refractivity contribution < 1.29 is 4.79 Å². The topological polar surface area (TPSA) is 46.1 Å². The Morgan fingerprint density at radius 2 is 1.93 bits per heavy atom. The van der Waals surface area contributed by atoms with E-state index in [1.807, 2.05) is 42.5 Å². The molecule has 1 amide bonds. The first-order valence-electron chi connectivity index (χ1n) is 8.59. The van der Waals surface area contributed by atoms with Crippen LogP contribution in [0.4, 0.5) is 5.13 Å². The number of fused-ring (bicyclic) bond motifs is 1. The second-order valence-corrected chi connectivity index (χ2v) is 8.07. The monoisotopic (exact) mass is 427 g/mol. The highest BCUT2D eigenvalue weighted by atomic mass is 35.5. The Balaban J connectivity index is 1.70. The number of benzene rings is 2. The highest BCUT2D eigenvalue weighted by Crippen LogP contribution is 2.32. The van der Waals surface area contributed by atoms with Gasteiger partial charge in [0.25, 0.3) is 0 Å². The van der Waals surface area contributed by atoms with Gasteiger partial charge in [0.1, 0.15) is 0 Å². The minimum Gasteiger partial charge on any atom is -0.283 e. The number of anilines is 1. The number of hydrogen-bond acceptors (Lipinski definition) is 4. The molecule has 0 aliphatic rings. The fourth-order valence-electron chi connectivity index (χ4n) is 2.84. The molecule has 2 heterocycles. The molecule has 7 heteroatoms. The van der Waals surface area contributed by atoms with E-state index < -0.39 is 0 Å². The molecule has 4 nitrogen and oxygen atoms in total. The number of nitrogens with zero attached hydrogens (tertiary/aromatic N) is 3. The molecule has 28 heavy (non-hydrogen) atoms. The molecule has 0 aliphatic heterocycles. The van der Waals surface area contributed by atoms with Crippen molar-refractivity contribution in [1.29, 1.82) is 0 Å². The number of halogens is 2. The lowest BCUT2D eigenvalue weighted by atomic mass is 10.1. The molecule has 4 aromatic rings. The van der Waals surface area contributed by atoms with Crippen LogP contribution < -0.4 is 4.90 Å². The van der Waals surface area contributed by atoms with Gasteiger partial charge in [-0.25, -0.2) is 4.98 Å². The van der Waals surface area contributed by atoms with Crippen LogP contribution in [0.25, 0.3) is 10.2 Å². The zero-order chi connectivity index (χ0) is 19.5. The Kier molecular flexibility index (Phi) is 5.57. The van der Waals surface area contributed by atoms with Gasteiger partial charge in [0, 0.05) is 22.4 Å². The molecule has 4 rings (SSSR count). The van der Waals surface area contributed by atoms with Gasteiger partial charge in [-0.05, 0) is 41.5 Å². The van der Waals surface area contributed by atoms with E-state index in [0.717, 1.165) is 21.3 Å². The number of pyridine rings is 1. The summed E-state index contributed by atoms with van der Waals surface area (Å²) in [6.07, 6.45) is 3.65. The van der Waals surface area contributed by atoms with Crippen LogP contribution in [0.5, 0.6) is 0 Å². The maximum absolute atomic E-state index is 13.2. The van der Waals surface area contributed by atoms with Gasteiger partial charge in [-0.15, -0.1) is 0 Å². The molecule has 0 saturated carbocycles. The van der Waals surface area contributed by atoms with Crippen molar-refractivity contribution in [1.82, 2.24) is 9.97 Å². The summed E-state index contributed by atoms with van der Waals surface area (Å²) in [5.41, 5.74) is 2.52. The number of amides is 1. The van der Waals surface area contributed by atoms with Crippen LogP contribution in [0.1, 0.15) is 11.1 Å². The third-order valence-electron chi connectivity index (χ3n) is 4.23. The summed E-state index contributed by atoms with van der Waals surface area (Å²) in [5.74, 6) is -0.0814. The Labute approximate surface area is 176 Å². The van der Waals surface area contributed by atoms with Crippen molar-refractivity contribution in [3.8, 4) is 0 Å². The summed E-state index contributed by atoms with van der Waals surface area (Å²) >= 11 is 13.8. The average molecular weight is 428 g/mol. The van der Waals surface area contributed by atoms with Crippen molar-refractivity contribution in [2.75, 3.05) is 4.90 Å². The van der Waals surface area contributed by atoms with Crippen LogP contribution in [-0.2, 0) is 17.8 Å². The lowest BCUT2D eigenvalue weighted by Crippen LogP contribution is -2.31. The maximum atomic E-state index is 13.2. The van der Waals surface area contributed by atoms with Gasteiger partial charge in [-0.1, -0.05) is 58.8 Å². The van der Waals surface area contributed by atoms with Crippen molar-refractivity contribution in [2.24, 2.45) is 0 Å². The second kappa shape index (κ2) is 8.27. The van der Waals surface area contributed by atoms with Gasteiger partial charge >= 0.3 is 0 Å². The van der Waals surface area contributed by atoms with Gasteiger partial charge in [-0.2, -0.15) is 0 Å². The van der Waals surface area contributed by atoms with Crippen molar-refractivity contribution in [3.05, 3.63) is 88.2 Å². The molecule has 0 bridgehead atoms. The predicted octanol–water partition coefficient (Wildman–Crippen LogP) is 5.77. The van der Waals surface area contributed by atoms with Crippen molar-refractivity contribution >= 4 is 55.8 Å². The standard InChI is InChI=1S/C21H15Cl2N3OS/c22-16-7-8-18-19(11-16)28-21(25-18)26(13-14-4-3-9-24-12-14)20(27)10-15-5-1-2-6-17(15)23/h1-9,11-12H,10,13H2. The minimum absolute atomic E-state index is 0.0814. The summed E-state index contributed by atoms with van der Waals surface area (Å²) < 4.78 is 0.934. The normalized spacial score (nSPS) is 10.9. The quantitative estimate of drug-likeness (QED) is 0.405. The van der Waals surface area contributed by atoms with Crippen LogP contribution in [0.2, 0.25) is 10.0 Å². The van der Waals surface area contributed by atoms with Gasteiger partial charge in [0.05, 0.1) is 23.2 Å². The van der Waals surface area contributed by atoms with E-state index in [4.69, 9.17) is 23.2 Å². The summed E-state index contributed by atoms with van der Waals surface area (Å²) in [4.78, 5) is 23.7. The fraction of sp³-hybridized carbons (Fsp3) is 0.0952. The minimum atomic E-state index is -0.0814. The fourth-order valence-corrected chi connectivity index (χ4v) is 4.30. The largest absolute Gasteiger partial charge is 0.283 e. The molecule has 0 N–H and O–H groups in total. The second-order valence-electron chi connectivity index (χ2n) is 6.22. The maximum Gasteiger partial charge on any atom is 0.233 e. The molecule has 0 aliphatic carbocycles. The molecule has 2 aromatic carbocycles. The molecular weight excluding hydrogens is 413 g/mol. The molecular formula is C21H15Cl2N3OS. The number of thiazole rings is 1. The van der Waals surface area contributed by atoms with Crippen molar-refractivity contribution in [2.45, 2.75) is 13.0 Å². The van der Waals surface area contributed by atoms with E-state index in [1.54, 1.807) is 29.4 Å². The predicted molar refractivity (Wildman–Crippen MR) is 115 cm³/mol. The van der Waals surface area contributed by atoms with E-state index >= 15 is 0 Å². The molecule has 140 valence electrons. The number of hydrogen-bond donors (Lipinski definition) is 0. The first-order chi connectivity index (χ1) is 13.6. The van der Waals surface area contributed by atoms with Crippen molar-refractivity contribution in [3.63, 3.8) is 0 Å². The van der Waals surface area contributed by atoms with E-state index in [-0.39, 0.29) is 12.3 Å². The number of aromatic nitrogens is 2. The molecule has 0 radical (unpaired) electrons. The first kappa shape index (κ1) is 18.9. The first-order valence-corrected chi connectivity index (χ1v) is 10.2. The summed E-state index contributed by atoms with van der Waals surface area (Å²) in [5, 5.41) is 1.84. The van der Waals surface area contributed by atoms with E-state index in [0.29, 0.717) is 21.7 Å². The molecule has 0 atom stereocenters. The molecule has 2 aromatic heterocycles. The van der Waals surface area contributed by atoms with Crippen LogP contribution in [0, 0.1) is 0 Å². The molecule has 0 spiro atoms. The molecule has 0 saturated heterocycles. The van der Waals surface area contributed by atoms with E-state index in [2.05, 4.69) is 9.97 Å². The summed E-state index contributed by atoms with van der Waals surface area (Å²) in [7, 11) is 0. The lowest BCUT2D eigenvalue weighted by Gasteiger charge is -2.20. The van der Waals surface area contributed by atoms with Gasteiger partial charge in [0.15, 0.2) is 5.13 Å². The van der Waals surface area contributed by atoms with E-state index in [1.165, 1.54) is 11.3 Å².